The first kappa shape index (κ1) is 56.2. The molecule has 24 heteroatoms. The van der Waals surface area contributed by atoms with Gasteiger partial charge in [-0.05, 0) is 74.2 Å². The molecule has 1 heterocycles. The number of ether oxygens (including phenoxy) is 5. The maximum atomic E-state index is 14.9. The van der Waals surface area contributed by atoms with Crippen molar-refractivity contribution in [3.05, 3.63) is 54.1 Å². The molecule has 0 spiro atoms. The highest BCUT2D eigenvalue weighted by Gasteiger charge is 2.81. The molecule has 0 bridgehead atoms. The SMILES string of the molecule is CC(C)[Si](CCC(F)(F)C(F)(F)C(F)(F)C(F)(F)F)(O[C@H]1/C=C/C(=O)O[C@@H](C)CC(=O)O[C@H](C)[C@H](OCc2ccc(OCCCC(F)(F)C(F)(F)F)cc2)/C=C/C(=O)O[C@H]1C)C(C)C. The van der Waals surface area contributed by atoms with Crippen molar-refractivity contribution in [2.24, 2.45) is 0 Å². The molecular weight excluding hydrogens is 918 g/mol. The first-order valence-corrected chi connectivity index (χ1v) is 22.0. The first-order chi connectivity index (χ1) is 29.1. The van der Waals surface area contributed by atoms with E-state index in [-0.39, 0.29) is 12.4 Å². The molecule has 0 radical (unpaired) electrons. The van der Waals surface area contributed by atoms with Gasteiger partial charge in [-0.15, -0.1) is 0 Å². The van der Waals surface area contributed by atoms with Gasteiger partial charge < -0.3 is 28.1 Å². The van der Waals surface area contributed by atoms with Gasteiger partial charge in [0.15, 0.2) is 8.32 Å². The summed E-state index contributed by atoms with van der Waals surface area (Å²) in [6.07, 6.45) is -20.2. The van der Waals surface area contributed by atoms with Gasteiger partial charge in [-0.2, -0.15) is 61.5 Å². The number of esters is 3. The zero-order valence-corrected chi connectivity index (χ0v) is 36.6. The monoisotopic (exact) mass is 968 g/mol. The summed E-state index contributed by atoms with van der Waals surface area (Å²) in [6.45, 7) is 8.93. The van der Waals surface area contributed by atoms with Crippen LogP contribution < -0.4 is 4.74 Å². The summed E-state index contributed by atoms with van der Waals surface area (Å²) in [5.74, 6) is -27.7. The van der Waals surface area contributed by atoms with E-state index in [2.05, 4.69) is 0 Å². The number of carbonyl (C=O) groups excluding carboxylic acids is 3. The van der Waals surface area contributed by atoms with Crippen LogP contribution in [0.15, 0.2) is 48.6 Å². The summed E-state index contributed by atoms with van der Waals surface area (Å²) in [5, 5.41) is 0. The molecule has 9 nitrogen and oxygen atoms in total. The van der Waals surface area contributed by atoms with Gasteiger partial charge in [-0.3, -0.25) is 4.79 Å². The van der Waals surface area contributed by atoms with Crippen molar-refractivity contribution in [2.75, 3.05) is 6.61 Å². The minimum absolute atomic E-state index is 0.126. The quantitative estimate of drug-likeness (QED) is 0.0496. The van der Waals surface area contributed by atoms with E-state index in [1.165, 1.54) is 72.7 Å². The lowest BCUT2D eigenvalue weighted by Gasteiger charge is -2.43. The fraction of sp³-hybridized carbons (Fsp3) is 0.675. The third-order valence-electron chi connectivity index (χ3n) is 10.2. The molecule has 366 valence electrons. The maximum Gasteiger partial charge on any atom is 0.460 e. The van der Waals surface area contributed by atoms with Crippen molar-refractivity contribution in [2.45, 2.75) is 164 Å². The lowest BCUT2D eigenvalue weighted by Crippen LogP contribution is -2.61. The van der Waals surface area contributed by atoms with Gasteiger partial charge in [-0.25, -0.2) is 9.59 Å². The van der Waals surface area contributed by atoms with E-state index in [1.54, 1.807) is 0 Å². The van der Waals surface area contributed by atoms with Crippen LogP contribution in [0.4, 0.5) is 61.5 Å². The first-order valence-electron chi connectivity index (χ1n) is 19.7. The molecule has 0 aromatic heterocycles. The Morgan fingerprint density at radius 2 is 1.17 bits per heavy atom. The number of alkyl halides is 14. The molecule has 0 amide bonds. The number of carbonyl (C=O) groups is 3. The van der Waals surface area contributed by atoms with Gasteiger partial charge in [0, 0.05) is 25.0 Å². The molecule has 0 unspecified atom stereocenters. The standard InChI is InChI=1S/C40H50F14O9Si/c1-23(2)64(24(3)4,20-18-35(41,42)37(45,46)38(47,48)40(52,53)54)63-31-14-16-32(55)60-25(5)21-34(57)62-26(6)30(13-15-33(56)61-27(31)7)59-22-28-9-11-29(12-10-28)58-19-8-17-36(43,44)39(49,50)51/h9-16,23-27,30-31H,8,17-22H2,1-7H3/b15-13+,16-14+/t25-,26+,27-,30+,31-/m0/s1. The number of rotatable bonds is 17. The lowest BCUT2D eigenvalue weighted by molar-refractivity contribution is -0.396. The lowest BCUT2D eigenvalue weighted by atomic mass is 10.0. The molecule has 1 aliphatic rings. The van der Waals surface area contributed by atoms with Gasteiger partial charge in [0.25, 0.3) is 0 Å². The molecule has 2 rings (SSSR count). The van der Waals surface area contributed by atoms with Crippen molar-refractivity contribution in [3.8, 4) is 5.75 Å². The molecule has 0 saturated carbocycles. The van der Waals surface area contributed by atoms with E-state index in [0.29, 0.717) is 5.56 Å². The number of hydrogen-bond acceptors (Lipinski definition) is 9. The summed E-state index contributed by atoms with van der Waals surface area (Å²) >= 11 is 0. The maximum absolute atomic E-state index is 14.9. The van der Waals surface area contributed by atoms with Crippen LogP contribution >= 0.6 is 0 Å². The molecule has 0 aliphatic carbocycles. The number of hydrogen-bond donors (Lipinski definition) is 0. The zero-order chi connectivity index (χ0) is 49.3. The predicted octanol–water partition coefficient (Wildman–Crippen LogP) is 11.2. The Hall–Kier alpha value is -3.93. The van der Waals surface area contributed by atoms with Crippen LogP contribution in [-0.4, -0.2) is 99.4 Å². The van der Waals surface area contributed by atoms with Crippen LogP contribution in [0, 0.1) is 0 Å². The summed E-state index contributed by atoms with van der Waals surface area (Å²) in [5.41, 5.74) is -1.22. The van der Waals surface area contributed by atoms with Crippen LogP contribution in [0.5, 0.6) is 5.75 Å². The van der Waals surface area contributed by atoms with Crippen LogP contribution in [-0.2, 0) is 44.4 Å². The third-order valence-corrected chi connectivity index (χ3v) is 15.8. The number of benzene rings is 1. The highest BCUT2D eigenvalue weighted by atomic mass is 28.4. The second kappa shape index (κ2) is 22.0. The highest BCUT2D eigenvalue weighted by molar-refractivity contribution is 6.76. The average molecular weight is 969 g/mol. The summed E-state index contributed by atoms with van der Waals surface area (Å²) in [6, 6.07) is 4.55. The molecule has 5 atom stereocenters. The minimum atomic E-state index is -7.11. The van der Waals surface area contributed by atoms with Crippen molar-refractivity contribution >= 4 is 26.2 Å². The van der Waals surface area contributed by atoms with Crippen LogP contribution in [0.3, 0.4) is 0 Å². The van der Waals surface area contributed by atoms with Gasteiger partial charge in [0.2, 0.25) is 0 Å². The summed E-state index contributed by atoms with van der Waals surface area (Å²) < 4.78 is 221. The minimum Gasteiger partial charge on any atom is -0.494 e. The topological polar surface area (TPSA) is 107 Å². The Morgan fingerprint density at radius 1 is 0.656 bits per heavy atom. The Morgan fingerprint density at radius 3 is 1.69 bits per heavy atom. The third kappa shape index (κ3) is 14.8. The Balaban J connectivity index is 2.38. The van der Waals surface area contributed by atoms with Crippen molar-refractivity contribution in [1.29, 1.82) is 0 Å². The van der Waals surface area contributed by atoms with Gasteiger partial charge >= 0.3 is 54.0 Å². The predicted molar refractivity (Wildman–Crippen MR) is 201 cm³/mol. The van der Waals surface area contributed by atoms with Crippen LogP contribution in [0.2, 0.25) is 17.1 Å². The largest absolute Gasteiger partial charge is 0.494 e. The van der Waals surface area contributed by atoms with Crippen molar-refractivity contribution in [1.82, 2.24) is 0 Å². The molecule has 0 fully saturated rings. The fourth-order valence-corrected chi connectivity index (χ4v) is 11.0. The Kier molecular flexibility index (Phi) is 19.3. The van der Waals surface area contributed by atoms with Crippen molar-refractivity contribution < 1.29 is 104 Å². The molecule has 0 N–H and O–H groups in total. The van der Waals surface area contributed by atoms with Crippen LogP contribution in [0.25, 0.3) is 0 Å². The molecule has 64 heavy (non-hydrogen) atoms. The molecule has 1 aromatic carbocycles. The van der Waals surface area contributed by atoms with E-state index < -0.39 is 142 Å². The second-order valence-corrected chi connectivity index (χ2v) is 20.7. The van der Waals surface area contributed by atoms with Gasteiger partial charge in [0.1, 0.15) is 36.3 Å². The van der Waals surface area contributed by atoms with Gasteiger partial charge in [0.05, 0.1) is 19.6 Å². The Labute approximate surface area is 360 Å². The fourth-order valence-electron chi connectivity index (χ4n) is 6.36. The molecular formula is C40H50F14O9Si. The second-order valence-electron chi connectivity index (χ2n) is 15.8. The number of halogens is 14. The molecule has 1 aromatic rings. The molecule has 0 saturated heterocycles. The average Bonchev–Trinajstić information content (AvgIpc) is 3.14. The van der Waals surface area contributed by atoms with E-state index in [1.807, 2.05) is 0 Å². The van der Waals surface area contributed by atoms with E-state index in [0.717, 1.165) is 24.3 Å². The molecule has 1 aliphatic heterocycles. The summed E-state index contributed by atoms with van der Waals surface area (Å²) in [7, 11) is -4.06. The smallest absolute Gasteiger partial charge is 0.460 e. The summed E-state index contributed by atoms with van der Waals surface area (Å²) in [4.78, 5) is 38.8. The van der Waals surface area contributed by atoms with Crippen molar-refractivity contribution in [3.63, 3.8) is 0 Å². The Bertz CT molecular complexity index is 1740. The van der Waals surface area contributed by atoms with Gasteiger partial charge in [-0.1, -0.05) is 39.8 Å². The van der Waals surface area contributed by atoms with Crippen LogP contribution in [0.1, 0.15) is 79.7 Å². The normalized spacial score (nSPS) is 23.1. The zero-order valence-electron chi connectivity index (χ0n) is 35.6. The number of cyclic esters (lactones) is 3. The highest BCUT2D eigenvalue weighted by Crippen LogP contribution is 2.55. The van der Waals surface area contributed by atoms with E-state index in [4.69, 9.17) is 28.1 Å². The van der Waals surface area contributed by atoms with E-state index >= 15 is 0 Å². The van der Waals surface area contributed by atoms with E-state index in [9.17, 15) is 75.8 Å².